The molecule has 0 radical (unpaired) electrons. The second-order valence-electron chi connectivity index (χ2n) is 10.2. The molecule has 0 unspecified atom stereocenters. The summed E-state index contributed by atoms with van der Waals surface area (Å²) in [5.41, 5.74) is 0.0678. The molecule has 1 aromatic heterocycles. The van der Waals surface area contributed by atoms with E-state index < -0.39 is 41.4 Å². The summed E-state index contributed by atoms with van der Waals surface area (Å²) >= 11 is 0. The lowest BCUT2D eigenvalue weighted by atomic mass is 9.80. The van der Waals surface area contributed by atoms with Gasteiger partial charge in [-0.05, 0) is 41.0 Å². The molecule has 0 spiro atoms. The lowest BCUT2D eigenvalue weighted by molar-refractivity contribution is -0.0994. The minimum Gasteiger partial charge on any atom is -0.497 e. The van der Waals surface area contributed by atoms with Gasteiger partial charge < -0.3 is 33.5 Å². The normalized spacial score (nSPS) is 20.0. The molecule has 1 fully saturated rings. The summed E-state index contributed by atoms with van der Waals surface area (Å²) in [7, 11) is 4.74. The number of methoxy groups -OCH3 is 3. The molecule has 1 saturated heterocycles. The number of rotatable bonds is 13. The second-order valence-corrected chi connectivity index (χ2v) is 10.2. The fourth-order valence-electron chi connectivity index (χ4n) is 5.44. The number of ether oxygens (including phenoxy) is 6. The van der Waals surface area contributed by atoms with Crippen molar-refractivity contribution in [3.63, 3.8) is 0 Å². The molecule has 11 nitrogen and oxygen atoms in total. The number of aromatic nitrogens is 2. The van der Waals surface area contributed by atoms with Gasteiger partial charge in [-0.1, -0.05) is 54.6 Å². The molecule has 0 bridgehead atoms. The van der Waals surface area contributed by atoms with Crippen LogP contribution < -0.4 is 20.7 Å². The van der Waals surface area contributed by atoms with Gasteiger partial charge in [0.25, 0.3) is 5.56 Å². The fraction of sp³-hybridized carbons (Fsp3) is 0.333. The van der Waals surface area contributed by atoms with Crippen LogP contribution in [0.3, 0.4) is 0 Å². The maximum atomic E-state index is 12.7. The van der Waals surface area contributed by atoms with Crippen LogP contribution in [0.4, 0.5) is 0 Å². The Morgan fingerprint density at radius 3 is 1.95 bits per heavy atom. The molecule has 0 amide bonds. The van der Waals surface area contributed by atoms with E-state index in [-0.39, 0.29) is 19.8 Å². The first-order valence-corrected chi connectivity index (χ1v) is 14.2. The van der Waals surface area contributed by atoms with Crippen molar-refractivity contribution in [2.75, 3.05) is 41.2 Å². The number of hydrogen-bond acceptors (Lipinski definition) is 9. The van der Waals surface area contributed by atoms with Crippen LogP contribution >= 0.6 is 0 Å². The molecule has 0 saturated carbocycles. The topological polar surface area (TPSA) is 130 Å². The Kier molecular flexibility index (Phi) is 9.93. The number of nitrogens with zero attached hydrogens (tertiary/aromatic N) is 1. The van der Waals surface area contributed by atoms with Gasteiger partial charge in [0.15, 0.2) is 6.23 Å². The first-order chi connectivity index (χ1) is 21.4. The molecule has 2 heterocycles. The van der Waals surface area contributed by atoms with Crippen LogP contribution in [0.15, 0.2) is 101 Å². The summed E-state index contributed by atoms with van der Waals surface area (Å²) in [6.45, 7) is 0.325. The van der Waals surface area contributed by atoms with Gasteiger partial charge in [0.2, 0.25) is 0 Å². The number of nitrogens with one attached hydrogen (secondary N) is 1. The second kappa shape index (κ2) is 14.0. The predicted molar refractivity (Wildman–Crippen MR) is 161 cm³/mol. The highest BCUT2D eigenvalue weighted by Gasteiger charge is 2.48. The van der Waals surface area contributed by atoms with E-state index in [0.717, 1.165) is 16.7 Å². The quantitative estimate of drug-likeness (QED) is 0.175. The third-order valence-electron chi connectivity index (χ3n) is 7.67. The van der Waals surface area contributed by atoms with Gasteiger partial charge in [-0.3, -0.25) is 14.3 Å². The summed E-state index contributed by atoms with van der Waals surface area (Å²) in [6, 6.07) is 26.1. The molecular formula is C33H36N2O9. The molecule has 232 valence electrons. The molecule has 44 heavy (non-hydrogen) atoms. The van der Waals surface area contributed by atoms with Crippen LogP contribution in [0.5, 0.6) is 11.5 Å². The monoisotopic (exact) mass is 604 g/mol. The first-order valence-electron chi connectivity index (χ1n) is 14.2. The first kappa shape index (κ1) is 31.2. The van der Waals surface area contributed by atoms with Crippen molar-refractivity contribution in [2.45, 2.75) is 30.1 Å². The fourth-order valence-corrected chi connectivity index (χ4v) is 5.44. The van der Waals surface area contributed by atoms with E-state index in [2.05, 4.69) is 4.98 Å². The summed E-state index contributed by atoms with van der Waals surface area (Å²) < 4.78 is 36.2. The Morgan fingerprint density at radius 1 is 0.818 bits per heavy atom. The summed E-state index contributed by atoms with van der Waals surface area (Å²) in [5.74, 6) is 1.37. The molecule has 3 aromatic carbocycles. The van der Waals surface area contributed by atoms with Crippen LogP contribution in [0.25, 0.3) is 0 Å². The van der Waals surface area contributed by atoms with Crippen LogP contribution in [-0.2, 0) is 24.5 Å². The molecule has 1 aliphatic rings. The van der Waals surface area contributed by atoms with Gasteiger partial charge >= 0.3 is 5.69 Å². The zero-order valence-corrected chi connectivity index (χ0v) is 24.8. The molecule has 4 atom stereocenters. The van der Waals surface area contributed by atoms with Crippen LogP contribution in [0, 0.1) is 0 Å². The highest BCUT2D eigenvalue weighted by molar-refractivity contribution is 5.49. The zero-order valence-electron chi connectivity index (χ0n) is 24.8. The largest absolute Gasteiger partial charge is 0.497 e. The molecule has 1 aliphatic heterocycles. The Hall–Kier alpha value is -4.26. The predicted octanol–water partition coefficient (Wildman–Crippen LogP) is 2.85. The average Bonchev–Trinajstić information content (AvgIpc) is 3.36. The van der Waals surface area contributed by atoms with E-state index in [1.807, 2.05) is 78.9 Å². The molecule has 5 rings (SSSR count). The van der Waals surface area contributed by atoms with E-state index in [0.29, 0.717) is 11.5 Å². The third-order valence-corrected chi connectivity index (χ3v) is 7.67. The standard InChI is InChI=1S/C33H36N2O9/c1-39-19-20-42-30-29(37)27(44-31(30)35-18-17-28(36)34-32(35)38)21-43-33(22-7-5-4-6-8-22,23-9-13-25(40-2)14-10-23)24-11-15-26(41-3)16-12-24/h4-18,27,29-31,37H,19-21H2,1-3H3,(H,34,36,38)/t27-,29+,30-,31+/m1/s1. The SMILES string of the molecule is COCCO[C@@H]1[C@@H](O)[C@@H](COC(c2ccccc2)(c2ccc(OC)cc2)c2ccc(OC)cc2)O[C@@H]1n1ccc(=O)[nH]c1=O. The van der Waals surface area contributed by atoms with Gasteiger partial charge in [-0.25, -0.2) is 4.79 Å². The Bertz CT molecular complexity index is 1560. The zero-order chi connectivity index (χ0) is 31.1. The summed E-state index contributed by atoms with van der Waals surface area (Å²) in [4.78, 5) is 26.7. The van der Waals surface area contributed by atoms with Gasteiger partial charge in [-0.2, -0.15) is 0 Å². The Morgan fingerprint density at radius 2 is 1.41 bits per heavy atom. The van der Waals surface area contributed by atoms with Crippen molar-refractivity contribution in [3.05, 3.63) is 129 Å². The number of aliphatic hydroxyl groups is 1. The van der Waals surface area contributed by atoms with Crippen molar-refractivity contribution in [3.8, 4) is 11.5 Å². The van der Waals surface area contributed by atoms with E-state index in [4.69, 9.17) is 28.4 Å². The van der Waals surface area contributed by atoms with E-state index in [1.165, 1.54) is 23.9 Å². The van der Waals surface area contributed by atoms with Gasteiger partial charge in [0.05, 0.1) is 34.0 Å². The Balaban J connectivity index is 1.55. The highest BCUT2D eigenvalue weighted by Crippen LogP contribution is 2.43. The number of H-pyrrole nitrogens is 1. The van der Waals surface area contributed by atoms with Crippen LogP contribution in [0.1, 0.15) is 22.9 Å². The van der Waals surface area contributed by atoms with Crippen molar-refractivity contribution in [1.29, 1.82) is 0 Å². The molecule has 2 N–H and O–H groups in total. The molecule has 11 heteroatoms. The lowest BCUT2D eigenvalue weighted by Crippen LogP contribution is -2.41. The van der Waals surface area contributed by atoms with Crippen LogP contribution in [0.2, 0.25) is 0 Å². The highest BCUT2D eigenvalue weighted by atomic mass is 16.6. The molecular weight excluding hydrogens is 568 g/mol. The van der Waals surface area contributed by atoms with E-state index in [1.54, 1.807) is 14.2 Å². The lowest BCUT2D eigenvalue weighted by Gasteiger charge is -2.37. The summed E-state index contributed by atoms with van der Waals surface area (Å²) in [5, 5.41) is 11.5. The minimum absolute atomic E-state index is 0.0904. The minimum atomic E-state index is -1.18. The maximum Gasteiger partial charge on any atom is 0.330 e. The smallest absolute Gasteiger partial charge is 0.330 e. The average molecular weight is 605 g/mol. The van der Waals surface area contributed by atoms with E-state index >= 15 is 0 Å². The van der Waals surface area contributed by atoms with Crippen molar-refractivity contribution in [2.24, 2.45) is 0 Å². The molecule has 4 aromatic rings. The number of aliphatic hydroxyl groups excluding tert-OH is 1. The molecule has 0 aliphatic carbocycles. The van der Waals surface area contributed by atoms with Gasteiger partial charge in [0.1, 0.15) is 35.4 Å². The van der Waals surface area contributed by atoms with E-state index in [9.17, 15) is 14.7 Å². The van der Waals surface area contributed by atoms with Crippen molar-refractivity contribution < 1.29 is 33.5 Å². The number of hydrogen-bond donors (Lipinski definition) is 2. The number of benzene rings is 3. The maximum absolute atomic E-state index is 12.7. The number of aromatic amines is 1. The summed E-state index contributed by atoms with van der Waals surface area (Å²) in [6.07, 6.45) is -2.76. The van der Waals surface area contributed by atoms with Crippen molar-refractivity contribution >= 4 is 0 Å². The third kappa shape index (κ3) is 6.33. The van der Waals surface area contributed by atoms with Gasteiger partial charge in [0, 0.05) is 19.4 Å². The van der Waals surface area contributed by atoms with Gasteiger partial charge in [-0.15, -0.1) is 0 Å². The Labute approximate surface area is 254 Å². The van der Waals surface area contributed by atoms with Crippen LogP contribution in [-0.4, -0.2) is 74.1 Å². The van der Waals surface area contributed by atoms with Crippen molar-refractivity contribution in [1.82, 2.24) is 9.55 Å².